The number of esters is 1. The monoisotopic (exact) mass is 1710 g/mol. The number of benzene rings is 2. The van der Waals surface area contributed by atoms with Gasteiger partial charge in [-0.05, 0) is 114 Å². The van der Waals surface area contributed by atoms with Gasteiger partial charge in [-0.3, -0.25) is 23.9 Å². The Morgan fingerprint density at radius 3 is 2.27 bits per heavy atom. The Kier molecular flexibility index (Phi) is 41.0. The number of likely N-dealkylation sites (N-methyl/N-ethyl adjacent to an activating group) is 1. The van der Waals surface area contributed by atoms with Gasteiger partial charge in [-0.25, -0.2) is 18.5 Å². The van der Waals surface area contributed by atoms with E-state index < -0.39 is 87.2 Å². The van der Waals surface area contributed by atoms with Crippen LogP contribution in [0.15, 0.2) is 89.5 Å². The van der Waals surface area contributed by atoms with E-state index in [-0.39, 0.29) is 75.8 Å². The van der Waals surface area contributed by atoms with Gasteiger partial charge in [0.1, 0.15) is 24.8 Å². The number of nitrogen functional groups attached to an aromatic ring is 1. The Morgan fingerprint density at radius 2 is 1.59 bits per heavy atom. The summed E-state index contributed by atoms with van der Waals surface area (Å²) in [6, 6.07) is 15.5. The molecule has 111 heavy (non-hydrogen) atoms. The number of phosphoric ester groups is 1. The molecule has 1 saturated heterocycles. The maximum Gasteiger partial charge on any atom is 0.490 e. The zero-order valence-corrected chi connectivity index (χ0v) is 71.5. The number of hydrogen-bond donors (Lipinski definition) is 8. The minimum absolute atomic E-state index is 0.00934. The molecule has 7 rings (SSSR count). The lowest BCUT2D eigenvalue weighted by molar-refractivity contribution is -0.438. The first-order chi connectivity index (χ1) is 52.6. The standard InChI is InChI=1S/C42H58N4O5.C30H49N4O16P3S4.O2S/c1-8-45-35-18-15-14-17-33(35)41(3,4)37(45)19-11-9-12-20-38-42(5,6)34-31-32(2)22-23-36(34)46(38)26-16-10-13-21-39(47)43-24-27-50-29-30-51-28-25-44-40(48)49-7;1-5-13-30(3,4)56-55-19-44-14-9-10-15-45-25(35)12-8-7-11-21-17-34(27-26(21)28(36)33-29(31)32-27)24-16-22(46-20-57(54)6-2)23(48-24)18-47-52(40,41)50-53(42,43)49-51(37,38)39;1-3-2/h9,11-12,14-15,17-20,22-23,31H,8,10,13,16,21,24-30H2,1-7H3,(H-,43,44,47,48);17,22-24H,5-6,8-10,12-16,18-20H2,1-4H3,(H,40,41)(H,42,43)(H2,37,38,39)(H3,31,32,33,36);/p+1/t;22-,23+,24+,57?;/m.0./s1. The largest absolute Gasteiger partial charge is 0.490 e. The van der Waals surface area contributed by atoms with E-state index in [4.69, 9.17) is 68.1 Å². The molecular formula is C72H108N8O23P3S5+. The molecule has 5 heterocycles. The molecule has 618 valence electrons. The molecule has 2 aromatic heterocycles. The number of para-hydroxylation sites is 1. The number of amides is 2. The third kappa shape index (κ3) is 32.2. The van der Waals surface area contributed by atoms with Crippen molar-refractivity contribution in [2.45, 2.75) is 174 Å². The molecule has 0 aliphatic carbocycles. The average molecular weight is 1710 g/mol. The molecule has 0 saturated carbocycles. The van der Waals surface area contributed by atoms with Crippen molar-refractivity contribution in [3.05, 3.63) is 117 Å². The maximum absolute atomic E-state index is 13.0. The van der Waals surface area contributed by atoms with Gasteiger partial charge in [-0.2, -0.15) is 26.6 Å². The molecule has 4 aromatic rings. The van der Waals surface area contributed by atoms with Crippen LogP contribution in [0.25, 0.3) is 11.0 Å². The van der Waals surface area contributed by atoms with Crippen LogP contribution in [-0.2, 0) is 113 Å². The fourth-order valence-corrected chi connectivity index (χ4v) is 18.4. The van der Waals surface area contributed by atoms with Crippen molar-refractivity contribution in [3.8, 4) is 11.8 Å². The molecule has 6 atom stereocenters. The molecule has 2 amide bonds. The molecule has 3 unspecified atom stereocenters. The van der Waals surface area contributed by atoms with E-state index >= 15 is 0 Å². The summed E-state index contributed by atoms with van der Waals surface area (Å²) in [5, 5.41) is 5.56. The second kappa shape index (κ2) is 47.4. The van der Waals surface area contributed by atoms with Crippen molar-refractivity contribution in [2.24, 2.45) is 0 Å². The van der Waals surface area contributed by atoms with Crippen LogP contribution in [0.3, 0.4) is 0 Å². The minimum Gasteiger partial charge on any atom is -0.466 e. The zero-order valence-electron chi connectivity index (χ0n) is 64.7. The third-order valence-corrected chi connectivity index (χ3v) is 26.3. The van der Waals surface area contributed by atoms with E-state index in [1.807, 2.05) is 17.7 Å². The van der Waals surface area contributed by atoms with Gasteiger partial charge in [0.2, 0.25) is 17.5 Å². The van der Waals surface area contributed by atoms with Gasteiger partial charge in [0.05, 0.1) is 81.6 Å². The highest BCUT2D eigenvalue weighted by atomic mass is 33.1. The molecule has 0 radical (unpaired) electrons. The highest BCUT2D eigenvalue weighted by molar-refractivity contribution is 8.77. The lowest BCUT2D eigenvalue weighted by Gasteiger charge is -2.25. The quantitative estimate of drug-likeness (QED) is 0.00298. The number of hydrogen-bond acceptors (Lipinski definition) is 25. The molecule has 3 aliphatic heterocycles. The van der Waals surface area contributed by atoms with Crippen LogP contribution in [0.1, 0.15) is 161 Å². The van der Waals surface area contributed by atoms with Crippen LogP contribution in [0, 0.1) is 18.8 Å². The van der Waals surface area contributed by atoms with Crippen molar-refractivity contribution in [1.82, 2.24) is 25.2 Å². The molecule has 0 spiro atoms. The Hall–Kier alpha value is -5.58. The van der Waals surface area contributed by atoms with Crippen LogP contribution in [0.2, 0.25) is 0 Å². The zero-order chi connectivity index (χ0) is 82.0. The summed E-state index contributed by atoms with van der Waals surface area (Å²) in [4.78, 5) is 94.9. The third-order valence-electron chi connectivity index (χ3n) is 17.5. The summed E-state index contributed by atoms with van der Waals surface area (Å²) in [7, 11) is -12.6. The number of aryl methyl sites for hydroxylation is 1. The van der Waals surface area contributed by atoms with E-state index in [1.54, 1.807) is 10.8 Å². The van der Waals surface area contributed by atoms with E-state index in [2.05, 4.69) is 190 Å². The SMILES string of the molecule is CCCC(C)(C)SSCOCCCCOC(=O)CCC#Cc1cn([C@H]2C[C@H](OCS(=S)CC)[C@@H](COP(=O)(O)OP(=O)(O)OP(=O)(O)O)O2)c2nc(N)[nH]c(=O)c12.CCN1\C(=C/C=C/C=C/C2=[N+](CCCCCC(=O)NCCOCCOCCNC(=O)OC)c3ccc(C)cc3C2(C)C)C(C)(C)c2ccccc21.O=S=O. The number of unbranched alkanes of at least 4 members (excludes halogenated alkanes) is 3. The van der Waals surface area contributed by atoms with Crippen molar-refractivity contribution in [2.75, 3.05) is 108 Å². The maximum atomic E-state index is 13.0. The van der Waals surface area contributed by atoms with Gasteiger partial charge < -0.3 is 78.6 Å². The Morgan fingerprint density at radius 1 is 0.883 bits per heavy atom. The van der Waals surface area contributed by atoms with Gasteiger partial charge in [-0.1, -0.05) is 125 Å². The lowest BCUT2D eigenvalue weighted by atomic mass is 9.81. The lowest BCUT2D eigenvalue weighted by Crippen LogP contribution is -2.30. The van der Waals surface area contributed by atoms with Crippen LogP contribution in [-0.4, -0.2) is 185 Å². The summed E-state index contributed by atoms with van der Waals surface area (Å²) >= 11 is 4.61. The number of nitrogens with one attached hydrogen (secondary N) is 3. The normalized spacial score (nSPS) is 18.1. The Labute approximate surface area is 668 Å². The molecule has 31 nitrogen and oxygen atoms in total. The van der Waals surface area contributed by atoms with Gasteiger partial charge in [0.25, 0.3) is 5.56 Å². The van der Waals surface area contributed by atoms with Crippen LogP contribution in [0.5, 0.6) is 0 Å². The molecule has 1 fully saturated rings. The van der Waals surface area contributed by atoms with Crippen LogP contribution >= 0.6 is 45.1 Å². The van der Waals surface area contributed by atoms with Gasteiger partial charge >= 0.3 is 47.1 Å². The number of fused-ring (bicyclic) bond motifs is 3. The van der Waals surface area contributed by atoms with Crippen molar-refractivity contribution < 1.29 is 107 Å². The fraction of sp³-hybridized carbons (Fsp3) is 0.583. The first-order valence-corrected chi connectivity index (χ1v) is 46.2. The molecule has 39 heteroatoms. The summed E-state index contributed by atoms with van der Waals surface area (Å²) < 4.78 is 107. The van der Waals surface area contributed by atoms with Gasteiger partial charge in [0, 0.05) is 97.4 Å². The Bertz CT molecular complexity index is 4210. The molecular weight excluding hydrogens is 1600 g/mol. The second-order valence-electron chi connectivity index (χ2n) is 27.1. The predicted molar refractivity (Wildman–Crippen MR) is 435 cm³/mol. The first-order valence-electron chi connectivity index (χ1n) is 36.3. The van der Waals surface area contributed by atoms with E-state index in [9.17, 15) is 42.7 Å². The number of alkyl carbamates (subject to hydrolysis) is 1. The number of methoxy groups -OCH3 is 1. The van der Waals surface area contributed by atoms with E-state index in [1.165, 1.54) is 57.3 Å². The highest BCUT2D eigenvalue weighted by Crippen LogP contribution is 2.66. The number of rotatable bonds is 44. The van der Waals surface area contributed by atoms with Crippen LogP contribution < -0.4 is 26.8 Å². The topological polar surface area (TPSA) is 417 Å². The van der Waals surface area contributed by atoms with Gasteiger partial charge in [0.15, 0.2) is 11.4 Å². The number of H-pyrrole nitrogens is 1. The smallest absolute Gasteiger partial charge is 0.466 e. The average Bonchev–Trinajstić information content (AvgIpc) is 1.61. The number of carbonyl (C=O) groups is 3. The van der Waals surface area contributed by atoms with E-state index in [0.717, 1.165) is 51.6 Å². The van der Waals surface area contributed by atoms with Crippen LogP contribution in [0.4, 0.5) is 22.1 Å². The summed E-state index contributed by atoms with van der Waals surface area (Å²) in [6.07, 6.45) is 16.3. The summed E-state index contributed by atoms with van der Waals surface area (Å²) in [6.45, 7) is 26.5. The Balaban J connectivity index is 0.000000385. The number of nitrogens with two attached hydrogens (primary N) is 1. The number of phosphoric acid groups is 3. The number of ether oxygens (including phenoxy) is 7. The summed E-state index contributed by atoms with van der Waals surface area (Å²) in [5.41, 5.74) is 14.6. The molecule has 9 N–H and O–H groups in total. The fourth-order valence-electron chi connectivity index (χ4n) is 12.3. The molecule has 0 bridgehead atoms. The van der Waals surface area contributed by atoms with Gasteiger partial charge in [-0.15, -0.1) is 0 Å². The minimum atomic E-state index is -5.76. The number of aromatic nitrogens is 3. The predicted octanol–water partition coefficient (Wildman–Crippen LogP) is 11.4. The van der Waals surface area contributed by atoms with Crippen molar-refractivity contribution in [3.63, 3.8) is 0 Å². The summed E-state index contributed by atoms with van der Waals surface area (Å²) in [5.74, 6) is 6.47. The number of carbonyl (C=O) groups excluding carboxylic acids is 3. The molecule has 2 aromatic carbocycles. The highest BCUT2D eigenvalue weighted by Gasteiger charge is 2.46. The number of allylic oxidation sites excluding steroid dienone is 6. The van der Waals surface area contributed by atoms with Crippen molar-refractivity contribution in [1.29, 1.82) is 0 Å². The first kappa shape index (κ1) is 96.0. The van der Waals surface area contributed by atoms with Crippen molar-refractivity contribution >= 4 is 129 Å². The van der Waals surface area contributed by atoms with E-state index in [0.29, 0.717) is 70.7 Å². The molecule has 3 aliphatic rings. The number of anilines is 2. The number of aromatic amines is 1. The number of nitrogens with zero attached hydrogens (tertiary/aromatic N) is 4. The second-order valence-corrected chi connectivity index (χ2v) is 37.7.